The van der Waals surface area contributed by atoms with E-state index in [4.69, 9.17) is 17.3 Å². The van der Waals surface area contributed by atoms with Gasteiger partial charge < -0.3 is 15.6 Å². The molecule has 0 aliphatic heterocycles. The minimum absolute atomic E-state index is 0.183. The number of carbonyl (C=O) groups excluding carboxylic acids is 1. The Balaban J connectivity index is 1.84. The van der Waals surface area contributed by atoms with E-state index in [0.717, 1.165) is 18.4 Å². The molecule has 104 valence electrons. The zero-order valence-corrected chi connectivity index (χ0v) is 11.8. The maximum Gasteiger partial charge on any atom is 0.272 e. The van der Waals surface area contributed by atoms with Crippen LogP contribution in [0.15, 0.2) is 24.5 Å². The first-order valence-electron chi connectivity index (χ1n) is 6.45. The van der Waals surface area contributed by atoms with Crippen LogP contribution in [-0.2, 0) is 0 Å². The summed E-state index contributed by atoms with van der Waals surface area (Å²) in [6.07, 6.45) is 5.55. The Morgan fingerprint density at radius 1 is 1.50 bits per heavy atom. The summed E-state index contributed by atoms with van der Waals surface area (Å²) in [6.45, 7) is 1.84. The summed E-state index contributed by atoms with van der Waals surface area (Å²) < 4.78 is 1.95. The van der Waals surface area contributed by atoms with Crippen LogP contribution in [-0.4, -0.2) is 15.5 Å². The minimum Gasteiger partial charge on any atom is -0.397 e. The van der Waals surface area contributed by atoms with E-state index < -0.39 is 0 Å². The van der Waals surface area contributed by atoms with Crippen LogP contribution in [0.25, 0.3) is 0 Å². The molecule has 0 atom stereocenters. The van der Waals surface area contributed by atoms with Crippen LogP contribution in [0, 0.1) is 6.92 Å². The maximum atomic E-state index is 12.3. The molecule has 5 nitrogen and oxygen atoms in total. The number of hydrogen-bond acceptors (Lipinski definition) is 3. The summed E-state index contributed by atoms with van der Waals surface area (Å²) >= 11 is 5.87. The molecular formula is C14H15ClN4O. The number of aromatic nitrogens is 2. The molecule has 6 heteroatoms. The molecule has 0 aromatic carbocycles. The summed E-state index contributed by atoms with van der Waals surface area (Å²) in [5, 5.41) is 3.26. The second kappa shape index (κ2) is 4.83. The Morgan fingerprint density at radius 2 is 2.25 bits per heavy atom. The average molecular weight is 291 g/mol. The Kier molecular flexibility index (Phi) is 3.14. The van der Waals surface area contributed by atoms with Gasteiger partial charge in [-0.2, -0.15) is 0 Å². The van der Waals surface area contributed by atoms with E-state index in [9.17, 15) is 4.79 Å². The van der Waals surface area contributed by atoms with Gasteiger partial charge in [-0.05, 0) is 37.5 Å². The van der Waals surface area contributed by atoms with E-state index in [0.29, 0.717) is 28.3 Å². The maximum absolute atomic E-state index is 12.3. The van der Waals surface area contributed by atoms with Gasteiger partial charge in [0.15, 0.2) is 0 Å². The van der Waals surface area contributed by atoms with Crippen molar-refractivity contribution in [3.63, 3.8) is 0 Å². The molecule has 0 unspecified atom stereocenters. The second-order valence-corrected chi connectivity index (χ2v) is 5.44. The molecule has 3 N–H and O–H groups in total. The van der Waals surface area contributed by atoms with Gasteiger partial charge in [0.1, 0.15) is 10.8 Å². The van der Waals surface area contributed by atoms with Gasteiger partial charge in [0.05, 0.1) is 17.6 Å². The summed E-state index contributed by atoms with van der Waals surface area (Å²) in [7, 11) is 0. The van der Waals surface area contributed by atoms with Crippen molar-refractivity contribution in [3.8, 4) is 0 Å². The fourth-order valence-corrected chi connectivity index (χ4v) is 2.26. The number of nitrogens with zero attached hydrogens (tertiary/aromatic N) is 2. The summed E-state index contributed by atoms with van der Waals surface area (Å²) in [6, 6.07) is 3.89. The van der Waals surface area contributed by atoms with E-state index in [2.05, 4.69) is 10.3 Å². The van der Waals surface area contributed by atoms with Crippen molar-refractivity contribution in [2.45, 2.75) is 25.8 Å². The van der Waals surface area contributed by atoms with Gasteiger partial charge in [-0.1, -0.05) is 11.6 Å². The Hall–Kier alpha value is -2.01. The molecule has 2 aromatic heterocycles. The van der Waals surface area contributed by atoms with E-state index in [1.54, 1.807) is 18.3 Å². The number of nitrogens with two attached hydrogens (primary N) is 1. The summed E-state index contributed by atoms with van der Waals surface area (Å²) in [4.78, 5) is 16.3. The van der Waals surface area contributed by atoms with E-state index in [-0.39, 0.29) is 5.91 Å². The SMILES string of the molecule is Cc1cc(NC(=O)c2cc(N)cn2C2CC2)cnc1Cl. The number of anilines is 2. The molecule has 1 aliphatic carbocycles. The molecule has 0 bridgehead atoms. The summed E-state index contributed by atoms with van der Waals surface area (Å²) in [5.41, 5.74) is 8.42. The van der Waals surface area contributed by atoms with Gasteiger partial charge in [-0.25, -0.2) is 4.98 Å². The third kappa shape index (κ3) is 2.49. The third-order valence-corrected chi connectivity index (χ3v) is 3.71. The predicted octanol–water partition coefficient (Wildman–Crippen LogP) is 3.01. The van der Waals surface area contributed by atoms with Crippen LogP contribution in [0.3, 0.4) is 0 Å². The number of hydrogen-bond donors (Lipinski definition) is 2. The molecule has 1 aliphatic rings. The highest BCUT2D eigenvalue weighted by molar-refractivity contribution is 6.30. The molecule has 1 saturated carbocycles. The number of carbonyl (C=O) groups is 1. The standard InChI is InChI=1S/C14H15ClN4O/c1-8-4-10(6-17-13(8)15)18-14(20)12-5-9(16)7-19(12)11-2-3-11/h4-7,11H,2-3,16H2,1H3,(H,18,20). The Bertz CT molecular complexity index is 676. The van der Waals surface area contributed by atoms with Crippen LogP contribution in [0.2, 0.25) is 5.15 Å². The first kappa shape index (κ1) is 13.0. The highest BCUT2D eigenvalue weighted by Gasteiger charge is 2.27. The normalized spacial score (nSPS) is 14.3. The van der Waals surface area contributed by atoms with Crippen LogP contribution in [0.1, 0.15) is 34.9 Å². The van der Waals surface area contributed by atoms with Crippen LogP contribution in [0.4, 0.5) is 11.4 Å². The van der Waals surface area contributed by atoms with E-state index >= 15 is 0 Å². The number of rotatable bonds is 3. The minimum atomic E-state index is -0.183. The van der Waals surface area contributed by atoms with Crippen molar-refractivity contribution in [2.24, 2.45) is 0 Å². The summed E-state index contributed by atoms with van der Waals surface area (Å²) in [5.74, 6) is -0.183. The first-order chi connectivity index (χ1) is 9.54. The van der Waals surface area contributed by atoms with E-state index in [1.807, 2.05) is 17.7 Å². The van der Waals surface area contributed by atoms with Crippen molar-refractivity contribution >= 4 is 28.9 Å². The second-order valence-electron chi connectivity index (χ2n) is 5.08. The molecule has 1 fully saturated rings. The molecule has 3 rings (SSSR count). The van der Waals surface area contributed by atoms with Gasteiger partial charge in [0.2, 0.25) is 0 Å². The van der Waals surface area contributed by atoms with Crippen molar-refractivity contribution in [3.05, 3.63) is 40.9 Å². The smallest absolute Gasteiger partial charge is 0.272 e. The number of aryl methyl sites for hydroxylation is 1. The van der Waals surface area contributed by atoms with Gasteiger partial charge in [0.25, 0.3) is 5.91 Å². The van der Waals surface area contributed by atoms with Gasteiger partial charge >= 0.3 is 0 Å². The lowest BCUT2D eigenvalue weighted by molar-refractivity contribution is 0.101. The molecule has 0 spiro atoms. The number of halogens is 1. The zero-order valence-electron chi connectivity index (χ0n) is 11.1. The van der Waals surface area contributed by atoms with Crippen LogP contribution >= 0.6 is 11.6 Å². The molecule has 1 amide bonds. The Labute approximate surface area is 121 Å². The molecule has 20 heavy (non-hydrogen) atoms. The highest BCUT2D eigenvalue weighted by Crippen LogP contribution is 2.37. The third-order valence-electron chi connectivity index (χ3n) is 3.31. The van der Waals surface area contributed by atoms with Crippen molar-refractivity contribution in [2.75, 3.05) is 11.1 Å². The predicted molar refractivity (Wildman–Crippen MR) is 79.1 cm³/mol. The van der Waals surface area contributed by atoms with Gasteiger partial charge in [0, 0.05) is 12.2 Å². The molecule has 0 radical (unpaired) electrons. The lowest BCUT2D eigenvalue weighted by atomic mass is 10.3. The van der Waals surface area contributed by atoms with Gasteiger partial charge in [-0.3, -0.25) is 4.79 Å². The lowest BCUT2D eigenvalue weighted by Gasteiger charge is -2.09. The molecule has 2 heterocycles. The topological polar surface area (TPSA) is 72.9 Å². The number of nitrogen functional groups attached to an aromatic ring is 1. The molecular weight excluding hydrogens is 276 g/mol. The van der Waals surface area contributed by atoms with Crippen molar-refractivity contribution in [1.82, 2.24) is 9.55 Å². The van der Waals surface area contributed by atoms with Crippen molar-refractivity contribution in [1.29, 1.82) is 0 Å². The fraction of sp³-hybridized carbons (Fsp3) is 0.286. The molecule has 2 aromatic rings. The van der Waals surface area contributed by atoms with E-state index in [1.165, 1.54) is 0 Å². The highest BCUT2D eigenvalue weighted by atomic mass is 35.5. The average Bonchev–Trinajstić information content (AvgIpc) is 3.17. The fourth-order valence-electron chi connectivity index (χ4n) is 2.16. The van der Waals surface area contributed by atoms with Crippen LogP contribution in [0.5, 0.6) is 0 Å². The number of amides is 1. The quantitative estimate of drug-likeness (QED) is 0.854. The monoisotopic (exact) mass is 290 g/mol. The Morgan fingerprint density at radius 3 is 2.90 bits per heavy atom. The van der Waals surface area contributed by atoms with Gasteiger partial charge in [-0.15, -0.1) is 0 Å². The lowest BCUT2D eigenvalue weighted by Crippen LogP contribution is -2.16. The largest absolute Gasteiger partial charge is 0.397 e. The van der Waals surface area contributed by atoms with Crippen molar-refractivity contribution < 1.29 is 4.79 Å². The number of pyridine rings is 1. The van der Waals surface area contributed by atoms with Crippen LogP contribution < -0.4 is 11.1 Å². The number of nitrogens with one attached hydrogen (secondary N) is 1. The molecule has 0 saturated heterocycles. The zero-order chi connectivity index (χ0) is 14.3. The first-order valence-corrected chi connectivity index (χ1v) is 6.83.